The zero-order chi connectivity index (χ0) is 11.9. The summed E-state index contributed by atoms with van der Waals surface area (Å²) in [6, 6.07) is 2.95. The summed E-state index contributed by atoms with van der Waals surface area (Å²) >= 11 is 4.41. The maximum absolute atomic E-state index is 5.31. The molecule has 0 radical (unpaired) electrons. The van der Waals surface area contributed by atoms with Gasteiger partial charge >= 0.3 is 0 Å². The average Bonchev–Trinajstić information content (AvgIpc) is 2.64. The quantitative estimate of drug-likeness (QED) is 0.832. The number of ether oxygens (including phenoxy) is 1. The minimum Gasteiger partial charge on any atom is -0.380 e. The van der Waals surface area contributed by atoms with Crippen LogP contribution in [0.15, 0.2) is 6.07 Å². The third-order valence-electron chi connectivity index (χ3n) is 3.76. The number of aryl methyl sites for hydroxylation is 1. The first-order valence-electron chi connectivity index (χ1n) is 6.26. The smallest absolute Gasteiger partial charge is 0.0659 e. The van der Waals surface area contributed by atoms with Crippen LogP contribution in [0.4, 0.5) is 0 Å². The Kier molecular flexibility index (Phi) is 3.49. The second-order valence-electron chi connectivity index (χ2n) is 5.56. The van der Waals surface area contributed by atoms with Crippen LogP contribution in [0.3, 0.4) is 0 Å². The fourth-order valence-corrected chi connectivity index (χ4v) is 4.78. The highest BCUT2D eigenvalue weighted by atomic mass is 127. The number of rotatable bonds is 3. The molecule has 17 heavy (non-hydrogen) atoms. The summed E-state index contributed by atoms with van der Waals surface area (Å²) in [5.41, 5.74) is 1.94. The Morgan fingerprint density at radius 3 is 3.12 bits per heavy atom. The lowest BCUT2D eigenvalue weighted by Crippen LogP contribution is -2.48. The van der Waals surface area contributed by atoms with E-state index < -0.39 is 0 Å². The summed E-state index contributed by atoms with van der Waals surface area (Å²) < 4.78 is 6.74. The molecule has 1 aromatic heterocycles. The van der Waals surface area contributed by atoms with Crippen LogP contribution in [0.25, 0.3) is 0 Å². The van der Waals surface area contributed by atoms with Crippen LogP contribution in [0.2, 0.25) is 0 Å². The van der Waals surface area contributed by atoms with Crippen molar-refractivity contribution < 1.29 is 4.74 Å². The third-order valence-corrected chi connectivity index (χ3v) is 5.73. The van der Waals surface area contributed by atoms with E-state index in [1.54, 1.807) is 10.4 Å². The number of fused-ring (bicyclic) bond motifs is 1. The maximum atomic E-state index is 5.31. The summed E-state index contributed by atoms with van der Waals surface area (Å²) in [5, 5.41) is 3.76. The molecule has 1 aliphatic carbocycles. The van der Waals surface area contributed by atoms with E-state index in [0.29, 0.717) is 11.5 Å². The van der Waals surface area contributed by atoms with Crippen molar-refractivity contribution in [2.75, 3.05) is 19.8 Å². The van der Waals surface area contributed by atoms with Crippen molar-refractivity contribution in [2.45, 2.75) is 32.2 Å². The van der Waals surface area contributed by atoms with Gasteiger partial charge in [-0.3, -0.25) is 0 Å². The Hall–Kier alpha value is 0.350. The van der Waals surface area contributed by atoms with Crippen molar-refractivity contribution in [2.24, 2.45) is 5.41 Å². The molecule has 1 aliphatic heterocycles. The monoisotopic (exact) mass is 363 g/mol. The maximum Gasteiger partial charge on any atom is 0.0659 e. The molecule has 0 spiro atoms. The lowest BCUT2D eigenvalue weighted by atomic mass is 9.87. The molecule has 1 unspecified atom stereocenters. The van der Waals surface area contributed by atoms with Gasteiger partial charge in [-0.2, -0.15) is 0 Å². The van der Waals surface area contributed by atoms with Crippen molar-refractivity contribution in [3.63, 3.8) is 0 Å². The van der Waals surface area contributed by atoms with Gasteiger partial charge in [0.15, 0.2) is 0 Å². The third kappa shape index (κ3) is 2.55. The molecule has 0 saturated carbocycles. The van der Waals surface area contributed by atoms with E-state index in [1.807, 2.05) is 11.3 Å². The van der Waals surface area contributed by atoms with Crippen LogP contribution in [-0.2, 0) is 11.2 Å². The van der Waals surface area contributed by atoms with Crippen molar-refractivity contribution in [3.05, 3.63) is 19.4 Å². The van der Waals surface area contributed by atoms with Gasteiger partial charge in [-0.15, -0.1) is 11.3 Å². The van der Waals surface area contributed by atoms with Gasteiger partial charge in [0.05, 0.1) is 16.1 Å². The van der Waals surface area contributed by atoms with Gasteiger partial charge in [-0.25, -0.2) is 0 Å². The number of halogens is 1. The molecule has 1 N–H and O–H groups in total. The summed E-state index contributed by atoms with van der Waals surface area (Å²) in [5.74, 6) is 0. The van der Waals surface area contributed by atoms with E-state index >= 15 is 0 Å². The largest absolute Gasteiger partial charge is 0.380 e. The molecule has 0 bridgehead atoms. The number of hydrogen-bond acceptors (Lipinski definition) is 3. The molecule has 94 valence electrons. The standard InChI is InChI=1S/C13H18INOS/c1-13(7-16-8-13)6-15-10-3-2-4-11-9(10)5-12(14)17-11/h5,10,15H,2-4,6-8H2,1H3. The summed E-state index contributed by atoms with van der Waals surface area (Å²) in [6.45, 7) is 5.23. The first-order valence-corrected chi connectivity index (χ1v) is 8.15. The molecule has 0 aromatic carbocycles. The fraction of sp³-hybridized carbons (Fsp3) is 0.692. The highest BCUT2D eigenvalue weighted by molar-refractivity contribution is 14.1. The van der Waals surface area contributed by atoms with Crippen LogP contribution in [0.1, 0.15) is 36.2 Å². The van der Waals surface area contributed by atoms with E-state index in [9.17, 15) is 0 Å². The predicted octanol–water partition coefficient (Wildman–Crippen LogP) is 3.36. The molecular formula is C13H18INOS. The lowest BCUT2D eigenvalue weighted by molar-refractivity contribution is -0.100. The predicted molar refractivity (Wildman–Crippen MR) is 79.6 cm³/mol. The second kappa shape index (κ2) is 4.79. The molecule has 4 heteroatoms. The molecule has 1 fully saturated rings. The molecule has 1 atom stereocenters. The van der Waals surface area contributed by atoms with Gasteiger partial charge in [-0.05, 0) is 53.5 Å². The van der Waals surface area contributed by atoms with Crippen molar-refractivity contribution >= 4 is 33.9 Å². The normalized spacial score (nSPS) is 26.4. The van der Waals surface area contributed by atoms with Crippen LogP contribution in [0.5, 0.6) is 0 Å². The fourth-order valence-electron chi connectivity index (χ4n) is 2.66. The van der Waals surface area contributed by atoms with Crippen molar-refractivity contribution in [1.82, 2.24) is 5.32 Å². The molecular weight excluding hydrogens is 345 g/mol. The zero-order valence-corrected chi connectivity index (χ0v) is 13.1. The summed E-state index contributed by atoms with van der Waals surface area (Å²) in [6.07, 6.45) is 3.90. The minimum absolute atomic E-state index is 0.376. The zero-order valence-electron chi connectivity index (χ0n) is 10.1. The van der Waals surface area contributed by atoms with E-state index in [1.165, 1.54) is 22.1 Å². The Morgan fingerprint density at radius 2 is 2.41 bits per heavy atom. The Balaban J connectivity index is 1.68. The highest BCUT2D eigenvalue weighted by Crippen LogP contribution is 2.37. The minimum atomic E-state index is 0.376. The summed E-state index contributed by atoms with van der Waals surface area (Å²) in [7, 11) is 0. The molecule has 0 amide bonds. The van der Waals surface area contributed by atoms with E-state index in [0.717, 1.165) is 19.8 Å². The Labute approximate surface area is 120 Å². The van der Waals surface area contributed by atoms with E-state index in [2.05, 4.69) is 40.9 Å². The van der Waals surface area contributed by atoms with Crippen molar-refractivity contribution in [3.8, 4) is 0 Å². The SMILES string of the molecule is CC1(CNC2CCCc3sc(I)cc32)COC1. The van der Waals surface area contributed by atoms with Crippen molar-refractivity contribution in [1.29, 1.82) is 0 Å². The Bertz CT molecular complexity index is 414. The number of nitrogens with one attached hydrogen (secondary N) is 1. The topological polar surface area (TPSA) is 21.3 Å². The molecule has 1 saturated heterocycles. The van der Waals surface area contributed by atoms with Crippen LogP contribution in [0, 0.1) is 8.30 Å². The lowest BCUT2D eigenvalue weighted by Gasteiger charge is -2.39. The first kappa shape index (κ1) is 12.4. The van der Waals surface area contributed by atoms with Crippen LogP contribution in [-0.4, -0.2) is 19.8 Å². The van der Waals surface area contributed by atoms with Crippen LogP contribution >= 0.6 is 33.9 Å². The van der Waals surface area contributed by atoms with Gasteiger partial charge in [0, 0.05) is 22.9 Å². The number of thiophene rings is 1. The molecule has 2 heterocycles. The molecule has 1 aromatic rings. The summed E-state index contributed by atoms with van der Waals surface area (Å²) in [4.78, 5) is 1.60. The average molecular weight is 363 g/mol. The molecule has 2 aliphatic rings. The molecule has 3 rings (SSSR count). The highest BCUT2D eigenvalue weighted by Gasteiger charge is 2.34. The van der Waals surface area contributed by atoms with Gasteiger partial charge in [0.1, 0.15) is 0 Å². The Morgan fingerprint density at radius 1 is 1.59 bits per heavy atom. The second-order valence-corrected chi connectivity index (χ2v) is 8.59. The van der Waals surface area contributed by atoms with E-state index in [4.69, 9.17) is 4.74 Å². The first-order chi connectivity index (χ1) is 8.16. The van der Waals surface area contributed by atoms with Gasteiger partial charge in [0.2, 0.25) is 0 Å². The number of hydrogen-bond donors (Lipinski definition) is 1. The van der Waals surface area contributed by atoms with E-state index in [-0.39, 0.29) is 0 Å². The molecule has 2 nitrogen and oxygen atoms in total. The van der Waals surface area contributed by atoms with Gasteiger partial charge < -0.3 is 10.1 Å². The van der Waals surface area contributed by atoms with Gasteiger partial charge in [-0.1, -0.05) is 6.92 Å². The van der Waals surface area contributed by atoms with Gasteiger partial charge in [0.25, 0.3) is 0 Å². The van der Waals surface area contributed by atoms with Crippen LogP contribution < -0.4 is 5.32 Å².